The van der Waals surface area contributed by atoms with Gasteiger partial charge in [0.1, 0.15) is 18.1 Å². The van der Waals surface area contributed by atoms with E-state index < -0.39 is 24.4 Å². The monoisotopic (exact) mass is 540 g/mol. The minimum absolute atomic E-state index is 0.0727. The molecule has 2 amide bonds. The molecule has 1 fully saturated rings. The number of carbonyl (C=O) groups excluding carboxylic acids is 2. The Kier molecular flexibility index (Phi) is 7.77. The number of aliphatic hydroxyl groups is 1. The molecule has 1 aromatic carbocycles. The summed E-state index contributed by atoms with van der Waals surface area (Å²) in [5, 5.41) is 15.9. The summed E-state index contributed by atoms with van der Waals surface area (Å²) in [6, 6.07) is 7.14. The largest absolute Gasteiger partial charge is 0.394 e. The first-order valence-electron chi connectivity index (χ1n) is 12.2. The van der Waals surface area contributed by atoms with Gasteiger partial charge in [-0.1, -0.05) is 23.7 Å². The van der Waals surface area contributed by atoms with Gasteiger partial charge in [0.15, 0.2) is 0 Å². The van der Waals surface area contributed by atoms with Crippen LogP contribution in [0.2, 0.25) is 5.02 Å². The molecule has 3 N–H and O–H groups in total. The third kappa shape index (κ3) is 5.59. The fraction of sp³-hybridized carbons (Fsp3) is 0.346. The molecule has 0 radical (unpaired) electrons. The highest BCUT2D eigenvalue weighted by Crippen LogP contribution is 2.31. The second-order valence-electron chi connectivity index (χ2n) is 9.13. The summed E-state index contributed by atoms with van der Waals surface area (Å²) in [5.74, 6) is -1.06. The molecule has 0 saturated carbocycles. The zero-order chi connectivity index (χ0) is 26.6. The lowest BCUT2D eigenvalue weighted by Gasteiger charge is -2.23. The van der Waals surface area contributed by atoms with Crippen molar-refractivity contribution >= 4 is 29.4 Å². The number of halogens is 2. The predicted molar refractivity (Wildman–Crippen MR) is 137 cm³/mol. The molecule has 3 aromatic rings. The van der Waals surface area contributed by atoms with Crippen LogP contribution < -0.4 is 10.6 Å². The standard InChI is InChI=1S/C26H26ClFN6O4/c27-19-11-30-26(31-17-5-8-38-9-6-17)33-23(19)15-3-4-16-12-34(25(37)18(16)10-15)13-22(36)32-21(14-35)24-20(28)2-1-7-29-24/h1-4,7,10-11,17,21,35H,5-6,8-9,12-14H2,(H,32,36)(H,30,31,33). The number of rotatable bonds is 8. The number of amides is 2. The molecular formula is C26H26ClFN6O4. The molecular weight excluding hydrogens is 515 g/mol. The van der Waals surface area contributed by atoms with E-state index in [4.69, 9.17) is 16.3 Å². The van der Waals surface area contributed by atoms with Gasteiger partial charge >= 0.3 is 0 Å². The summed E-state index contributed by atoms with van der Waals surface area (Å²) in [6.45, 7) is 0.793. The number of hydrogen-bond acceptors (Lipinski definition) is 8. The Morgan fingerprint density at radius 1 is 1.26 bits per heavy atom. The van der Waals surface area contributed by atoms with Crippen molar-refractivity contribution in [2.75, 3.05) is 31.7 Å². The smallest absolute Gasteiger partial charge is 0.254 e. The third-order valence-electron chi connectivity index (χ3n) is 6.53. The van der Waals surface area contributed by atoms with Crippen molar-refractivity contribution in [1.82, 2.24) is 25.2 Å². The number of pyridine rings is 1. The summed E-state index contributed by atoms with van der Waals surface area (Å²) in [6.07, 6.45) is 4.61. The van der Waals surface area contributed by atoms with Crippen LogP contribution in [0.4, 0.5) is 10.3 Å². The second kappa shape index (κ2) is 11.4. The molecule has 38 heavy (non-hydrogen) atoms. The minimum Gasteiger partial charge on any atom is -0.394 e. The Morgan fingerprint density at radius 2 is 2.08 bits per heavy atom. The third-order valence-corrected chi connectivity index (χ3v) is 6.81. The maximum Gasteiger partial charge on any atom is 0.254 e. The molecule has 12 heteroatoms. The van der Waals surface area contributed by atoms with Gasteiger partial charge in [0.2, 0.25) is 11.9 Å². The molecule has 0 bridgehead atoms. The Balaban J connectivity index is 1.28. The van der Waals surface area contributed by atoms with Gasteiger partial charge in [0.05, 0.1) is 29.6 Å². The molecule has 2 aliphatic rings. The number of carbonyl (C=O) groups is 2. The van der Waals surface area contributed by atoms with Crippen molar-refractivity contribution in [3.63, 3.8) is 0 Å². The lowest BCUT2D eigenvalue weighted by Crippen LogP contribution is -2.40. The maximum atomic E-state index is 14.1. The second-order valence-corrected chi connectivity index (χ2v) is 9.53. The zero-order valence-electron chi connectivity index (χ0n) is 20.4. The summed E-state index contributed by atoms with van der Waals surface area (Å²) >= 11 is 6.41. The first-order valence-corrected chi connectivity index (χ1v) is 12.6. The van der Waals surface area contributed by atoms with Gasteiger partial charge < -0.3 is 25.4 Å². The molecule has 2 aromatic heterocycles. The first kappa shape index (κ1) is 26.0. The van der Waals surface area contributed by atoms with Crippen molar-refractivity contribution in [2.45, 2.75) is 31.5 Å². The Labute approximate surface area is 223 Å². The lowest BCUT2D eigenvalue weighted by atomic mass is 10.0. The van der Waals surface area contributed by atoms with E-state index in [0.717, 1.165) is 18.4 Å². The quantitative estimate of drug-likeness (QED) is 0.398. The van der Waals surface area contributed by atoms with E-state index in [1.165, 1.54) is 29.4 Å². The highest BCUT2D eigenvalue weighted by atomic mass is 35.5. The summed E-state index contributed by atoms with van der Waals surface area (Å²) in [4.78, 5) is 40.0. The van der Waals surface area contributed by atoms with Crippen LogP contribution in [0.1, 0.15) is 40.5 Å². The maximum absolute atomic E-state index is 14.1. The molecule has 0 spiro atoms. The normalized spacial score (nSPS) is 16.3. The van der Waals surface area contributed by atoms with Crippen molar-refractivity contribution in [2.24, 2.45) is 0 Å². The van der Waals surface area contributed by atoms with Gasteiger partial charge in [-0.05, 0) is 36.6 Å². The number of hydrogen-bond donors (Lipinski definition) is 3. The van der Waals surface area contributed by atoms with Crippen molar-refractivity contribution in [3.05, 3.63) is 70.4 Å². The van der Waals surface area contributed by atoms with E-state index in [0.29, 0.717) is 41.0 Å². The van der Waals surface area contributed by atoms with Crippen molar-refractivity contribution in [3.8, 4) is 11.3 Å². The van der Waals surface area contributed by atoms with E-state index in [1.54, 1.807) is 6.07 Å². The Bertz CT molecular complexity index is 1350. The van der Waals surface area contributed by atoms with Crippen LogP contribution in [0.3, 0.4) is 0 Å². The van der Waals surface area contributed by atoms with Crippen LogP contribution in [-0.4, -0.2) is 69.2 Å². The molecule has 4 heterocycles. The average Bonchev–Trinajstić information content (AvgIpc) is 3.23. The molecule has 0 aliphatic carbocycles. The predicted octanol–water partition coefficient (Wildman–Crippen LogP) is 2.73. The summed E-state index contributed by atoms with van der Waals surface area (Å²) in [5.41, 5.74) is 2.27. The van der Waals surface area contributed by atoms with E-state index in [-0.39, 0.29) is 30.7 Å². The number of nitrogens with zero attached hydrogens (tertiary/aromatic N) is 4. The van der Waals surface area contributed by atoms with Crippen LogP contribution in [0.15, 0.2) is 42.7 Å². The fourth-order valence-corrected chi connectivity index (χ4v) is 4.77. The first-order chi connectivity index (χ1) is 18.4. The molecule has 5 rings (SSSR count). The van der Waals surface area contributed by atoms with Crippen LogP contribution in [0.25, 0.3) is 11.3 Å². The number of aromatic nitrogens is 3. The highest BCUT2D eigenvalue weighted by Gasteiger charge is 2.30. The van der Waals surface area contributed by atoms with Gasteiger partial charge in [-0.3, -0.25) is 14.6 Å². The number of aliphatic hydroxyl groups excluding tert-OH is 1. The van der Waals surface area contributed by atoms with Crippen LogP contribution >= 0.6 is 11.6 Å². The van der Waals surface area contributed by atoms with Crippen LogP contribution in [-0.2, 0) is 16.1 Å². The highest BCUT2D eigenvalue weighted by molar-refractivity contribution is 6.33. The van der Waals surface area contributed by atoms with Crippen molar-refractivity contribution < 1.29 is 23.8 Å². The van der Waals surface area contributed by atoms with Gasteiger partial charge in [-0.25, -0.2) is 14.4 Å². The molecule has 1 unspecified atom stereocenters. The van der Waals surface area contributed by atoms with Crippen molar-refractivity contribution in [1.29, 1.82) is 0 Å². The molecule has 10 nitrogen and oxygen atoms in total. The molecule has 2 aliphatic heterocycles. The summed E-state index contributed by atoms with van der Waals surface area (Å²) in [7, 11) is 0. The number of nitrogens with one attached hydrogen (secondary N) is 2. The van der Waals surface area contributed by atoms with E-state index in [1.807, 2.05) is 12.1 Å². The topological polar surface area (TPSA) is 130 Å². The SMILES string of the molecule is O=C(CN1Cc2ccc(-c3nc(NC4CCOCC4)ncc3Cl)cc2C1=O)NC(CO)c1ncccc1F. The molecule has 1 saturated heterocycles. The lowest BCUT2D eigenvalue weighted by molar-refractivity contribution is -0.123. The van der Waals surface area contributed by atoms with Crippen LogP contribution in [0, 0.1) is 5.82 Å². The number of fused-ring (bicyclic) bond motifs is 1. The molecule has 198 valence electrons. The van der Waals surface area contributed by atoms with E-state index >= 15 is 0 Å². The summed E-state index contributed by atoms with van der Waals surface area (Å²) < 4.78 is 19.4. The van der Waals surface area contributed by atoms with E-state index in [9.17, 15) is 19.1 Å². The minimum atomic E-state index is -1.03. The van der Waals surface area contributed by atoms with Gasteiger partial charge in [0, 0.05) is 43.1 Å². The average molecular weight is 541 g/mol. The fourth-order valence-electron chi connectivity index (χ4n) is 4.57. The Hall–Kier alpha value is -3.67. The van der Waals surface area contributed by atoms with Gasteiger partial charge in [-0.2, -0.15) is 0 Å². The number of ether oxygens (including phenoxy) is 1. The zero-order valence-corrected chi connectivity index (χ0v) is 21.1. The number of anilines is 1. The van der Waals surface area contributed by atoms with Crippen LogP contribution in [0.5, 0.6) is 0 Å². The Morgan fingerprint density at radius 3 is 2.84 bits per heavy atom. The van der Waals surface area contributed by atoms with E-state index in [2.05, 4.69) is 25.6 Å². The number of benzene rings is 1. The molecule has 1 atom stereocenters. The van der Waals surface area contributed by atoms with Gasteiger partial charge in [0.25, 0.3) is 5.91 Å². The van der Waals surface area contributed by atoms with Gasteiger partial charge in [-0.15, -0.1) is 0 Å².